The van der Waals surface area contributed by atoms with Gasteiger partial charge in [0.15, 0.2) is 0 Å². The minimum Gasteiger partial charge on any atom is -0.378 e. The number of rotatable bonds is 4. The fraction of sp³-hybridized carbons (Fsp3) is 0.263. The van der Waals surface area contributed by atoms with Crippen LogP contribution in [0.1, 0.15) is 33.0 Å². The molecule has 0 spiro atoms. The van der Waals surface area contributed by atoms with Crippen LogP contribution in [0.3, 0.4) is 0 Å². The van der Waals surface area contributed by atoms with E-state index in [0.29, 0.717) is 5.70 Å². The molecule has 6 heteroatoms. The molecule has 6 nitrogen and oxygen atoms in total. The highest BCUT2D eigenvalue weighted by molar-refractivity contribution is 6.22. The van der Waals surface area contributed by atoms with E-state index in [4.69, 9.17) is 0 Å². The van der Waals surface area contributed by atoms with Crippen LogP contribution in [0.4, 0.5) is 0 Å². The van der Waals surface area contributed by atoms with Crippen molar-refractivity contribution in [2.24, 2.45) is 0 Å². The fourth-order valence-corrected chi connectivity index (χ4v) is 3.34. The quantitative estimate of drug-likeness (QED) is 0.915. The zero-order chi connectivity index (χ0) is 17.2. The fourth-order valence-electron chi connectivity index (χ4n) is 3.34. The van der Waals surface area contributed by atoms with Crippen molar-refractivity contribution >= 4 is 11.6 Å². The first-order valence-electron chi connectivity index (χ1n) is 8.35. The predicted molar refractivity (Wildman–Crippen MR) is 92.0 cm³/mol. The van der Waals surface area contributed by atoms with Crippen LogP contribution in [-0.2, 0) is 6.54 Å². The number of fused-ring (bicyclic) bond motifs is 1. The number of likely N-dealkylation sites (tertiary alicyclic amines) is 1. The summed E-state index contributed by atoms with van der Waals surface area (Å²) >= 11 is 0. The molecule has 126 valence electrons. The molecule has 1 aromatic carbocycles. The van der Waals surface area contributed by atoms with E-state index in [-0.39, 0.29) is 29.0 Å². The summed E-state index contributed by atoms with van der Waals surface area (Å²) in [5, 5.41) is 3.24. The van der Waals surface area contributed by atoms with Gasteiger partial charge in [0.2, 0.25) is 11.6 Å². The lowest BCUT2D eigenvalue weighted by atomic mass is 10.0. The van der Waals surface area contributed by atoms with Crippen molar-refractivity contribution in [3.63, 3.8) is 0 Å². The average Bonchev–Trinajstić information content (AvgIpc) is 3.07. The van der Waals surface area contributed by atoms with Crippen molar-refractivity contribution in [2.75, 3.05) is 13.1 Å². The molecular formula is C19H18N4O2. The van der Waals surface area contributed by atoms with E-state index in [9.17, 15) is 9.59 Å². The van der Waals surface area contributed by atoms with Gasteiger partial charge in [-0.15, -0.1) is 0 Å². The first-order valence-corrected chi connectivity index (χ1v) is 8.35. The molecule has 25 heavy (non-hydrogen) atoms. The topological polar surface area (TPSA) is 75.2 Å². The molecule has 0 bridgehead atoms. The SMILES string of the molecule is O=C1C=C(N[C@@H]2CCN(Cc3ccccc3)C2)C(=O)c2nccnc21. The van der Waals surface area contributed by atoms with Crippen molar-refractivity contribution in [2.45, 2.75) is 19.0 Å². The molecular weight excluding hydrogens is 316 g/mol. The van der Waals surface area contributed by atoms with Gasteiger partial charge in [-0.2, -0.15) is 0 Å². The van der Waals surface area contributed by atoms with Crippen LogP contribution in [0.15, 0.2) is 54.5 Å². The maximum absolute atomic E-state index is 12.5. The number of aromatic nitrogens is 2. The van der Waals surface area contributed by atoms with Crippen molar-refractivity contribution < 1.29 is 9.59 Å². The van der Waals surface area contributed by atoms with E-state index in [2.05, 4.69) is 32.3 Å². The number of hydrogen-bond acceptors (Lipinski definition) is 6. The summed E-state index contributed by atoms with van der Waals surface area (Å²) in [6, 6.07) is 10.5. The van der Waals surface area contributed by atoms with E-state index < -0.39 is 0 Å². The Morgan fingerprint density at radius 2 is 1.84 bits per heavy atom. The summed E-state index contributed by atoms with van der Waals surface area (Å²) < 4.78 is 0. The summed E-state index contributed by atoms with van der Waals surface area (Å²) in [6.45, 7) is 2.68. The van der Waals surface area contributed by atoms with E-state index >= 15 is 0 Å². The predicted octanol–water partition coefficient (Wildman–Crippen LogP) is 1.60. The van der Waals surface area contributed by atoms with Crippen LogP contribution in [0.2, 0.25) is 0 Å². The minimum atomic E-state index is -0.274. The first kappa shape index (κ1) is 15.7. The van der Waals surface area contributed by atoms with Crippen LogP contribution in [-0.4, -0.2) is 45.6 Å². The molecule has 1 N–H and O–H groups in total. The number of carbonyl (C=O) groups excluding carboxylic acids is 2. The van der Waals surface area contributed by atoms with E-state index in [1.807, 2.05) is 18.2 Å². The highest BCUT2D eigenvalue weighted by atomic mass is 16.1. The molecule has 2 heterocycles. The Kier molecular flexibility index (Phi) is 4.11. The molecule has 0 radical (unpaired) electrons. The second-order valence-corrected chi connectivity index (χ2v) is 6.36. The number of allylic oxidation sites excluding steroid dienone is 2. The second kappa shape index (κ2) is 6.57. The van der Waals surface area contributed by atoms with Gasteiger partial charge in [0.25, 0.3) is 0 Å². The number of carbonyl (C=O) groups is 2. The Balaban J connectivity index is 1.42. The standard InChI is InChI=1S/C19H18N4O2/c24-16-10-15(19(25)18-17(16)20-7-8-21-18)22-14-6-9-23(12-14)11-13-4-2-1-3-5-13/h1-5,7-8,10,14,22H,6,9,11-12H2/t14-/m1/s1. The third kappa shape index (κ3) is 3.21. The van der Waals surface area contributed by atoms with Gasteiger partial charge in [0.05, 0.1) is 5.70 Å². The number of benzene rings is 1. The average molecular weight is 334 g/mol. The minimum absolute atomic E-state index is 0.134. The first-order chi connectivity index (χ1) is 12.2. The zero-order valence-electron chi connectivity index (χ0n) is 13.7. The van der Waals surface area contributed by atoms with Gasteiger partial charge in [0, 0.05) is 44.1 Å². The van der Waals surface area contributed by atoms with Crippen molar-refractivity contribution in [3.8, 4) is 0 Å². The molecule has 0 amide bonds. The lowest BCUT2D eigenvalue weighted by Crippen LogP contribution is -2.37. The Morgan fingerprint density at radius 3 is 2.64 bits per heavy atom. The second-order valence-electron chi connectivity index (χ2n) is 6.36. The van der Waals surface area contributed by atoms with Crippen LogP contribution in [0.25, 0.3) is 0 Å². The van der Waals surface area contributed by atoms with Crippen molar-refractivity contribution in [3.05, 3.63) is 71.4 Å². The molecule has 1 fully saturated rings. The number of nitrogens with zero attached hydrogens (tertiary/aromatic N) is 3. The van der Waals surface area contributed by atoms with Gasteiger partial charge in [0.1, 0.15) is 11.4 Å². The van der Waals surface area contributed by atoms with Crippen LogP contribution in [0, 0.1) is 0 Å². The van der Waals surface area contributed by atoms with Crippen LogP contribution < -0.4 is 5.32 Å². The third-order valence-corrected chi connectivity index (χ3v) is 4.55. The smallest absolute Gasteiger partial charge is 0.229 e. The van der Waals surface area contributed by atoms with Crippen LogP contribution >= 0.6 is 0 Å². The summed E-state index contributed by atoms with van der Waals surface area (Å²) in [5.74, 6) is -0.534. The highest BCUT2D eigenvalue weighted by Gasteiger charge is 2.31. The molecule has 1 aliphatic carbocycles. The number of ketones is 2. The third-order valence-electron chi connectivity index (χ3n) is 4.55. The largest absolute Gasteiger partial charge is 0.378 e. The number of Topliss-reactive ketones (excluding diaryl/α,β-unsaturated/α-hetero) is 1. The van der Waals surface area contributed by atoms with Gasteiger partial charge in [-0.1, -0.05) is 30.3 Å². The van der Waals surface area contributed by atoms with Gasteiger partial charge in [-0.3, -0.25) is 14.5 Å². The molecule has 0 unspecified atom stereocenters. The molecule has 1 aromatic heterocycles. The van der Waals surface area contributed by atoms with E-state index in [0.717, 1.165) is 26.1 Å². The maximum Gasteiger partial charge on any atom is 0.229 e. The van der Waals surface area contributed by atoms with Gasteiger partial charge in [-0.05, 0) is 12.0 Å². The van der Waals surface area contributed by atoms with Crippen molar-refractivity contribution in [1.82, 2.24) is 20.2 Å². The summed E-state index contributed by atoms with van der Waals surface area (Å²) in [7, 11) is 0. The molecule has 4 rings (SSSR count). The molecule has 1 aliphatic heterocycles. The van der Waals surface area contributed by atoms with E-state index in [1.54, 1.807) is 0 Å². The Morgan fingerprint density at radius 1 is 1.08 bits per heavy atom. The highest BCUT2D eigenvalue weighted by Crippen LogP contribution is 2.19. The Bertz CT molecular complexity index is 848. The number of hydrogen-bond donors (Lipinski definition) is 1. The van der Waals surface area contributed by atoms with Gasteiger partial charge < -0.3 is 5.32 Å². The summed E-state index contributed by atoms with van der Waals surface area (Å²) in [4.78, 5) is 35.0. The van der Waals surface area contributed by atoms with Crippen molar-refractivity contribution in [1.29, 1.82) is 0 Å². The van der Waals surface area contributed by atoms with Crippen LogP contribution in [0.5, 0.6) is 0 Å². The maximum atomic E-state index is 12.5. The summed E-state index contributed by atoms with van der Waals surface area (Å²) in [6.07, 6.45) is 5.14. The molecule has 2 aromatic rings. The number of nitrogens with one attached hydrogen (secondary N) is 1. The zero-order valence-corrected chi connectivity index (χ0v) is 13.7. The summed E-state index contributed by atoms with van der Waals surface area (Å²) in [5.41, 5.74) is 1.87. The lowest BCUT2D eigenvalue weighted by Gasteiger charge is -2.20. The molecule has 1 atom stereocenters. The Labute approximate surface area is 145 Å². The normalized spacial score (nSPS) is 20.3. The van der Waals surface area contributed by atoms with Gasteiger partial charge >= 0.3 is 0 Å². The molecule has 1 saturated heterocycles. The monoisotopic (exact) mass is 334 g/mol. The molecule has 2 aliphatic rings. The lowest BCUT2D eigenvalue weighted by molar-refractivity contribution is 0.0969. The van der Waals surface area contributed by atoms with Gasteiger partial charge in [-0.25, -0.2) is 9.97 Å². The molecule has 0 saturated carbocycles. The van der Waals surface area contributed by atoms with E-state index in [1.165, 1.54) is 24.0 Å². The Hall–Kier alpha value is -2.86.